The number of anilines is 1. The second kappa shape index (κ2) is 8.26. The summed E-state index contributed by atoms with van der Waals surface area (Å²) in [5.41, 5.74) is 9.03. The number of phenols is 1. The number of benzene rings is 2. The fraction of sp³-hybridized carbons (Fsp3) is 0.296. The molecular weight excluding hydrogens is 445 g/mol. The van der Waals surface area contributed by atoms with Gasteiger partial charge < -0.3 is 15.7 Å². The molecule has 8 heteroatoms. The highest BCUT2D eigenvalue weighted by molar-refractivity contribution is 5.52. The summed E-state index contributed by atoms with van der Waals surface area (Å²) >= 11 is 0. The van der Waals surface area contributed by atoms with Crippen LogP contribution in [0.5, 0.6) is 5.75 Å². The number of nitrogens with zero attached hydrogens (tertiary/aromatic N) is 4. The predicted molar refractivity (Wildman–Crippen MR) is 130 cm³/mol. The lowest BCUT2D eigenvalue weighted by atomic mass is 9.73. The van der Waals surface area contributed by atoms with E-state index in [0.29, 0.717) is 18.9 Å². The molecule has 0 radical (unpaired) electrons. The minimum absolute atomic E-state index is 0.0563. The highest BCUT2D eigenvalue weighted by atomic mass is 19.1. The number of aromatic nitrogens is 2. The molecule has 1 saturated heterocycles. The van der Waals surface area contributed by atoms with Crippen LogP contribution in [0.4, 0.5) is 10.2 Å². The fourth-order valence-electron chi connectivity index (χ4n) is 5.48. The normalized spacial score (nSPS) is 18.2. The average Bonchev–Trinajstić information content (AvgIpc) is 3.12. The number of terminal acetylenes is 1. The molecule has 0 unspecified atom stereocenters. The Morgan fingerprint density at radius 3 is 2.66 bits per heavy atom. The third-order valence-electron chi connectivity index (χ3n) is 7.46. The molecular formula is C27H24FN5O2. The van der Waals surface area contributed by atoms with E-state index < -0.39 is 17.1 Å². The lowest BCUT2D eigenvalue weighted by Crippen LogP contribution is -2.45. The van der Waals surface area contributed by atoms with Crippen molar-refractivity contribution in [1.29, 1.82) is 5.26 Å². The minimum Gasteiger partial charge on any atom is -0.504 e. The van der Waals surface area contributed by atoms with Gasteiger partial charge in [-0.15, -0.1) is 6.42 Å². The SMILES string of the molecule is C#Cc1ccc2c(c1)[C@@H](N)C1(CCN(c3cc(=O)n(-c4ccc(C#N)c(O)c4F)c(C)n3)CC1)C2. The summed E-state index contributed by atoms with van der Waals surface area (Å²) in [6, 6.07) is 11.6. The van der Waals surface area contributed by atoms with Gasteiger partial charge in [0, 0.05) is 30.8 Å². The Balaban J connectivity index is 1.39. The number of hydrogen-bond acceptors (Lipinski definition) is 6. The van der Waals surface area contributed by atoms with E-state index in [1.54, 1.807) is 13.0 Å². The molecule has 2 heterocycles. The summed E-state index contributed by atoms with van der Waals surface area (Å²) in [5.74, 6) is 1.66. The molecule has 35 heavy (non-hydrogen) atoms. The maximum atomic E-state index is 14.7. The lowest BCUT2D eigenvalue weighted by Gasteiger charge is -2.42. The van der Waals surface area contributed by atoms with E-state index in [9.17, 15) is 14.3 Å². The summed E-state index contributed by atoms with van der Waals surface area (Å²) in [4.78, 5) is 19.6. The number of nitriles is 1. The van der Waals surface area contributed by atoms with Crippen molar-refractivity contribution in [3.63, 3.8) is 0 Å². The first kappa shape index (κ1) is 22.6. The number of rotatable bonds is 2. The summed E-state index contributed by atoms with van der Waals surface area (Å²) in [6.45, 7) is 2.98. The lowest BCUT2D eigenvalue weighted by molar-refractivity contribution is 0.187. The Kier molecular flexibility index (Phi) is 5.35. The fourth-order valence-corrected chi connectivity index (χ4v) is 5.48. The Bertz CT molecular complexity index is 1490. The van der Waals surface area contributed by atoms with Gasteiger partial charge in [-0.05, 0) is 67.0 Å². The third kappa shape index (κ3) is 3.54. The van der Waals surface area contributed by atoms with E-state index >= 15 is 0 Å². The molecule has 0 bridgehead atoms. The predicted octanol–water partition coefficient (Wildman–Crippen LogP) is 3.08. The number of hydrogen-bond donors (Lipinski definition) is 2. The van der Waals surface area contributed by atoms with Gasteiger partial charge >= 0.3 is 0 Å². The zero-order chi connectivity index (χ0) is 24.9. The molecule has 3 N–H and O–H groups in total. The van der Waals surface area contributed by atoms with E-state index in [4.69, 9.17) is 17.4 Å². The van der Waals surface area contributed by atoms with Crippen molar-refractivity contribution in [2.75, 3.05) is 18.0 Å². The van der Waals surface area contributed by atoms with Gasteiger partial charge in [0.15, 0.2) is 11.6 Å². The Hall–Kier alpha value is -4.14. The van der Waals surface area contributed by atoms with E-state index in [-0.39, 0.29) is 28.5 Å². The summed E-state index contributed by atoms with van der Waals surface area (Å²) < 4.78 is 15.8. The first-order valence-electron chi connectivity index (χ1n) is 11.4. The molecule has 1 aliphatic carbocycles. The largest absolute Gasteiger partial charge is 0.504 e. The first-order valence-corrected chi connectivity index (χ1v) is 11.4. The molecule has 1 atom stereocenters. The van der Waals surface area contributed by atoms with Gasteiger partial charge in [0.25, 0.3) is 5.56 Å². The molecule has 3 aromatic rings. The number of phenolic OH excluding ortho intramolecular Hbond substituents is 1. The molecule has 0 amide bonds. The molecule has 176 valence electrons. The van der Waals surface area contributed by atoms with E-state index in [1.807, 2.05) is 12.1 Å². The van der Waals surface area contributed by atoms with Crippen molar-refractivity contribution in [2.24, 2.45) is 11.1 Å². The highest BCUT2D eigenvalue weighted by Crippen LogP contribution is 2.51. The quantitative estimate of drug-likeness (QED) is 0.559. The van der Waals surface area contributed by atoms with Crippen LogP contribution in [0.15, 0.2) is 41.2 Å². The van der Waals surface area contributed by atoms with Crippen LogP contribution >= 0.6 is 0 Å². The number of piperidine rings is 1. The average molecular weight is 470 g/mol. The van der Waals surface area contributed by atoms with Crippen LogP contribution in [0.2, 0.25) is 0 Å². The van der Waals surface area contributed by atoms with Crippen LogP contribution in [-0.2, 0) is 6.42 Å². The topological polar surface area (TPSA) is 108 Å². The molecule has 5 rings (SSSR count). The van der Waals surface area contributed by atoms with Gasteiger partial charge in [-0.3, -0.25) is 9.36 Å². The monoisotopic (exact) mass is 469 g/mol. The van der Waals surface area contributed by atoms with E-state index in [0.717, 1.165) is 35.0 Å². The van der Waals surface area contributed by atoms with E-state index in [1.165, 1.54) is 23.8 Å². The molecule has 0 saturated carbocycles. The molecule has 1 aliphatic heterocycles. The number of nitrogens with two attached hydrogens (primary N) is 1. The third-order valence-corrected chi connectivity index (χ3v) is 7.46. The molecule has 1 aromatic heterocycles. The summed E-state index contributed by atoms with van der Waals surface area (Å²) in [6.07, 6.45) is 8.15. The smallest absolute Gasteiger partial charge is 0.260 e. The Labute approximate surface area is 202 Å². The molecule has 2 aliphatic rings. The Morgan fingerprint density at radius 2 is 2.00 bits per heavy atom. The standard InChI is InChI=1S/C27H24FN5O2/c1-3-17-4-5-18-14-27(26(30)20(18)12-17)8-10-32(11-9-27)22-13-23(34)33(16(2)31-22)21-7-6-19(15-29)25(35)24(21)28/h1,4-7,12-13,26,35H,8-11,14,30H2,2H3/t26-/m1/s1. The van der Waals surface area contributed by atoms with Gasteiger partial charge in [-0.1, -0.05) is 12.0 Å². The molecule has 1 spiro atoms. The molecule has 2 aromatic carbocycles. The van der Waals surface area contributed by atoms with Crippen molar-refractivity contribution >= 4 is 5.82 Å². The zero-order valence-corrected chi connectivity index (χ0v) is 19.3. The van der Waals surface area contributed by atoms with Crippen LogP contribution in [-0.4, -0.2) is 27.7 Å². The van der Waals surface area contributed by atoms with Crippen molar-refractivity contribution in [3.8, 4) is 29.8 Å². The van der Waals surface area contributed by atoms with Gasteiger partial charge in [0.05, 0.1) is 11.3 Å². The number of halogens is 1. The summed E-state index contributed by atoms with van der Waals surface area (Å²) in [5, 5.41) is 18.9. The molecule has 7 nitrogen and oxygen atoms in total. The van der Waals surface area contributed by atoms with Crippen molar-refractivity contribution in [2.45, 2.75) is 32.2 Å². The number of aromatic hydroxyl groups is 1. The van der Waals surface area contributed by atoms with Crippen LogP contribution in [0, 0.1) is 41.8 Å². The zero-order valence-electron chi connectivity index (χ0n) is 19.3. The van der Waals surface area contributed by atoms with Crippen LogP contribution < -0.4 is 16.2 Å². The number of aryl methyl sites for hydroxylation is 1. The number of fused-ring (bicyclic) bond motifs is 1. The van der Waals surface area contributed by atoms with Gasteiger partial charge in [0.2, 0.25) is 0 Å². The van der Waals surface area contributed by atoms with Gasteiger partial charge in [0.1, 0.15) is 17.7 Å². The van der Waals surface area contributed by atoms with Crippen LogP contribution in [0.1, 0.15) is 47.0 Å². The van der Waals surface area contributed by atoms with Gasteiger partial charge in [-0.2, -0.15) is 5.26 Å². The van der Waals surface area contributed by atoms with E-state index in [2.05, 4.69) is 21.9 Å². The van der Waals surface area contributed by atoms with Crippen molar-refractivity contribution in [3.05, 3.63) is 80.6 Å². The maximum absolute atomic E-state index is 14.7. The van der Waals surface area contributed by atoms with Crippen LogP contribution in [0.3, 0.4) is 0 Å². The Morgan fingerprint density at radius 1 is 1.26 bits per heavy atom. The first-order chi connectivity index (χ1) is 16.8. The second-order valence-electron chi connectivity index (χ2n) is 9.30. The molecule has 1 fully saturated rings. The van der Waals surface area contributed by atoms with Crippen LogP contribution in [0.25, 0.3) is 5.69 Å². The highest BCUT2D eigenvalue weighted by Gasteiger charge is 2.46. The van der Waals surface area contributed by atoms with Gasteiger partial charge in [-0.25, -0.2) is 9.37 Å². The van der Waals surface area contributed by atoms with Crippen molar-refractivity contribution in [1.82, 2.24) is 9.55 Å². The maximum Gasteiger partial charge on any atom is 0.260 e. The minimum atomic E-state index is -1.04. The van der Waals surface area contributed by atoms with Crippen molar-refractivity contribution < 1.29 is 9.50 Å². The second-order valence-corrected chi connectivity index (χ2v) is 9.30. The summed E-state index contributed by atoms with van der Waals surface area (Å²) in [7, 11) is 0.